The molecule has 0 aliphatic heterocycles. The van der Waals surface area contributed by atoms with Gasteiger partial charge in [0, 0.05) is 6.42 Å². The van der Waals surface area contributed by atoms with E-state index in [0.717, 1.165) is 12.0 Å². The van der Waals surface area contributed by atoms with Gasteiger partial charge in [0.2, 0.25) is 5.91 Å². The first-order valence-corrected chi connectivity index (χ1v) is 5.36. The number of terminal acetylenes is 1. The molecule has 16 heavy (non-hydrogen) atoms. The Hall–Kier alpha value is -1.75. The minimum atomic E-state index is -0.562. The van der Waals surface area contributed by atoms with E-state index >= 15 is 0 Å². The van der Waals surface area contributed by atoms with E-state index in [2.05, 4.69) is 11.2 Å². The normalized spacial score (nSPS) is 10.6. The van der Waals surface area contributed by atoms with Crippen LogP contribution >= 0.6 is 0 Å². The lowest BCUT2D eigenvalue weighted by Gasteiger charge is -2.19. The number of benzene rings is 1. The minimum Gasteiger partial charge on any atom is -0.340 e. The van der Waals surface area contributed by atoms with Crippen LogP contribution in [0.1, 0.15) is 25.8 Å². The van der Waals surface area contributed by atoms with Crippen LogP contribution in [0.3, 0.4) is 0 Å². The molecule has 0 heterocycles. The van der Waals surface area contributed by atoms with Crippen molar-refractivity contribution in [1.82, 2.24) is 5.32 Å². The Bertz CT molecular complexity index is 387. The number of aryl methyl sites for hydroxylation is 1. The van der Waals surface area contributed by atoms with Gasteiger partial charge in [0.25, 0.3) is 0 Å². The highest BCUT2D eigenvalue weighted by Gasteiger charge is 2.16. The summed E-state index contributed by atoms with van der Waals surface area (Å²) >= 11 is 0. The van der Waals surface area contributed by atoms with Gasteiger partial charge < -0.3 is 5.32 Å². The molecule has 0 fully saturated rings. The second kappa shape index (κ2) is 5.37. The monoisotopic (exact) mass is 215 g/mol. The molecule has 2 heteroatoms. The summed E-state index contributed by atoms with van der Waals surface area (Å²) in [5.74, 6) is 2.53. The van der Waals surface area contributed by atoms with Gasteiger partial charge in [-0.25, -0.2) is 0 Å². The van der Waals surface area contributed by atoms with Crippen LogP contribution in [0.25, 0.3) is 0 Å². The predicted molar refractivity (Wildman–Crippen MR) is 65.8 cm³/mol. The first-order valence-electron chi connectivity index (χ1n) is 5.36. The number of carbonyl (C=O) groups excluding carboxylic acids is 1. The topological polar surface area (TPSA) is 29.1 Å². The fourth-order valence-corrected chi connectivity index (χ4v) is 1.35. The van der Waals surface area contributed by atoms with E-state index in [0.29, 0.717) is 6.42 Å². The van der Waals surface area contributed by atoms with Crippen molar-refractivity contribution >= 4 is 5.91 Å². The second-order valence-electron chi connectivity index (χ2n) is 4.30. The summed E-state index contributed by atoms with van der Waals surface area (Å²) in [4.78, 5) is 11.6. The molecule has 0 saturated heterocycles. The average molecular weight is 215 g/mol. The van der Waals surface area contributed by atoms with Crippen molar-refractivity contribution < 1.29 is 4.79 Å². The molecule has 1 rings (SSSR count). The third-order valence-electron chi connectivity index (χ3n) is 2.30. The molecule has 1 aromatic carbocycles. The molecule has 2 nitrogen and oxygen atoms in total. The Kier molecular flexibility index (Phi) is 4.13. The lowest BCUT2D eigenvalue weighted by atomic mass is 10.1. The molecule has 0 radical (unpaired) electrons. The van der Waals surface area contributed by atoms with E-state index in [9.17, 15) is 4.79 Å². The molecule has 0 atom stereocenters. The third kappa shape index (κ3) is 4.18. The van der Waals surface area contributed by atoms with Gasteiger partial charge in [0.1, 0.15) is 0 Å². The second-order valence-corrected chi connectivity index (χ2v) is 4.30. The highest BCUT2D eigenvalue weighted by Crippen LogP contribution is 2.04. The fourth-order valence-electron chi connectivity index (χ4n) is 1.35. The van der Waals surface area contributed by atoms with Crippen molar-refractivity contribution in [3.63, 3.8) is 0 Å². The molecule has 0 aliphatic carbocycles. The molecular weight excluding hydrogens is 198 g/mol. The van der Waals surface area contributed by atoms with E-state index in [1.165, 1.54) is 0 Å². The van der Waals surface area contributed by atoms with Crippen molar-refractivity contribution in [1.29, 1.82) is 0 Å². The third-order valence-corrected chi connectivity index (χ3v) is 2.30. The first-order chi connectivity index (χ1) is 7.53. The van der Waals surface area contributed by atoms with Crippen molar-refractivity contribution in [2.24, 2.45) is 0 Å². The van der Waals surface area contributed by atoms with Crippen molar-refractivity contribution in [2.75, 3.05) is 0 Å². The van der Waals surface area contributed by atoms with Crippen LogP contribution in [0.5, 0.6) is 0 Å². The highest BCUT2D eigenvalue weighted by molar-refractivity contribution is 5.77. The zero-order valence-electron chi connectivity index (χ0n) is 9.79. The number of nitrogens with one attached hydrogen (secondary N) is 1. The highest BCUT2D eigenvalue weighted by atomic mass is 16.1. The number of rotatable bonds is 4. The van der Waals surface area contributed by atoms with E-state index in [1.54, 1.807) is 0 Å². The number of hydrogen-bond acceptors (Lipinski definition) is 1. The summed E-state index contributed by atoms with van der Waals surface area (Å²) in [6, 6.07) is 9.93. The average Bonchev–Trinajstić information content (AvgIpc) is 2.27. The Labute approximate surface area is 97.1 Å². The number of hydrogen-bond donors (Lipinski definition) is 1. The summed E-state index contributed by atoms with van der Waals surface area (Å²) in [7, 11) is 0. The van der Waals surface area contributed by atoms with Crippen molar-refractivity contribution in [2.45, 2.75) is 32.2 Å². The van der Waals surface area contributed by atoms with Gasteiger partial charge in [-0.2, -0.15) is 0 Å². The van der Waals surface area contributed by atoms with Crippen LogP contribution < -0.4 is 5.32 Å². The predicted octanol–water partition coefficient (Wildman–Crippen LogP) is 2.15. The van der Waals surface area contributed by atoms with Gasteiger partial charge >= 0.3 is 0 Å². The van der Waals surface area contributed by atoms with Gasteiger partial charge in [-0.1, -0.05) is 36.3 Å². The van der Waals surface area contributed by atoms with E-state index in [4.69, 9.17) is 6.42 Å². The molecule has 0 unspecified atom stereocenters. The largest absolute Gasteiger partial charge is 0.340 e. The molecular formula is C14H17NO. The number of amides is 1. The lowest BCUT2D eigenvalue weighted by molar-refractivity contribution is -0.122. The maximum absolute atomic E-state index is 11.6. The molecule has 0 aromatic heterocycles. The maximum atomic E-state index is 11.6. The smallest absolute Gasteiger partial charge is 0.221 e. The summed E-state index contributed by atoms with van der Waals surface area (Å²) < 4.78 is 0. The van der Waals surface area contributed by atoms with Crippen LogP contribution in [0, 0.1) is 12.3 Å². The Balaban J connectivity index is 2.40. The van der Waals surface area contributed by atoms with Gasteiger partial charge in [0.15, 0.2) is 0 Å². The first kappa shape index (κ1) is 12.3. The summed E-state index contributed by atoms with van der Waals surface area (Å²) in [5.41, 5.74) is 0.601. The van der Waals surface area contributed by atoms with Gasteiger partial charge in [-0.3, -0.25) is 4.79 Å². The standard InChI is InChI=1S/C14H17NO/c1-4-14(2,3)15-13(16)11-10-12-8-6-5-7-9-12/h1,5-9H,10-11H2,2-3H3,(H,15,16). The molecule has 1 N–H and O–H groups in total. The minimum absolute atomic E-state index is 0.00759. The fraction of sp³-hybridized carbons (Fsp3) is 0.357. The van der Waals surface area contributed by atoms with Gasteiger partial charge in [-0.05, 0) is 25.8 Å². The quantitative estimate of drug-likeness (QED) is 0.766. The van der Waals surface area contributed by atoms with Crippen molar-refractivity contribution in [3.05, 3.63) is 35.9 Å². The van der Waals surface area contributed by atoms with E-state index < -0.39 is 5.54 Å². The summed E-state index contributed by atoms with van der Waals surface area (Å²) in [6.07, 6.45) is 6.51. The molecule has 0 bridgehead atoms. The Morgan fingerprint density at radius 1 is 1.38 bits per heavy atom. The molecule has 0 aliphatic rings. The molecule has 0 saturated carbocycles. The van der Waals surface area contributed by atoms with Gasteiger partial charge in [-0.15, -0.1) is 6.42 Å². The molecule has 1 aromatic rings. The van der Waals surface area contributed by atoms with E-state index in [1.807, 2.05) is 44.2 Å². The maximum Gasteiger partial charge on any atom is 0.221 e. The van der Waals surface area contributed by atoms with E-state index in [-0.39, 0.29) is 5.91 Å². The van der Waals surface area contributed by atoms with Crippen LogP contribution in [0.4, 0.5) is 0 Å². The van der Waals surface area contributed by atoms with Crippen LogP contribution in [-0.2, 0) is 11.2 Å². The summed E-state index contributed by atoms with van der Waals surface area (Å²) in [6.45, 7) is 3.63. The SMILES string of the molecule is C#CC(C)(C)NC(=O)CCc1ccccc1. The van der Waals surface area contributed by atoms with Crippen molar-refractivity contribution in [3.8, 4) is 12.3 Å². The van der Waals surface area contributed by atoms with Gasteiger partial charge in [0.05, 0.1) is 5.54 Å². The Morgan fingerprint density at radius 3 is 2.56 bits per heavy atom. The Morgan fingerprint density at radius 2 is 2.00 bits per heavy atom. The summed E-state index contributed by atoms with van der Waals surface area (Å²) in [5, 5.41) is 2.80. The van der Waals surface area contributed by atoms with Crippen LogP contribution in [0.2, 0.25) is 0 Å². The molecule has 0 spiro atoms. The van der Waals surface area contributed by atoms with Crippen LogP contribution in [-0.4, -0.2) is 11.4 Å². The molecule has 84 valence electrons. The zero-order valence-corrected chi connectivity index (χ0v) is 9.79. The lowest BCUT2D eigenvalue weighted by Crippen LogP contribution is -2.42. The zero-order chi connectivity index (χ0) is 12.0. The number of carbonyl (C=O) groups is 1. The molecule has 1 amide bonds. The van der Waals surface area contributed by atoms with Crippen LogP contribution in [0.15, 0.2) is 30.3 Å².